The Balaban J connectivity index is 2.52. The van der Waals surface area contributed by atoms with Crippen LogP contribution in [0.15, 0.2) is 29.2 Å². The van der Waals surface area contributed by atoms with Crippen LogP contribution in [0.2, 0.25) is 0 Å². The Hall–Kier alpha value is -1.40. The molecule has 1 aromatic carbocycles. The van der Waals surface area contributed by atoms with Crippen LogP contribution in [0.25, 0.3) is 0 Å². The van der Waals surface area contributed by atoms with Crippen molar-refractivity contribution in [2.75, 3.05) is 6.54 Å². The maximum Gasteiger partial charge on any atom is 0.238 e. The van der Waals surface area contributed by atoms with E-state index in [1.165, 1.54) is 12.1 Å². The Labute approximate surface area is 107 Å². The molecule has 0 atom stereocenters. The highest BCUT2D eigenvalue weighted by Crippen LogP contribution is 2.10. The van der Waals surface area contributed by atoms with Crippen molar-refractivity contribution in [3.8, 4) is 0 Å². The van der Waals surface area contributed by atoms with Crippen molar-refractivity contribution in [3.05, 3.63) is 29.8 Å². The van der Waals surface area contributed by atoms with Gasteiger partial charge in [0.1, 0.15) is 0 Å². The Kier molecular flexibility index (Phi) is 5.30. The predicted octanol–water partition coefficient (Wildman–Crippen LogP) is 0.793. The molecule has 1 rings (SSSR count). The second-order valence-corrected chi connectivity index (χ2v) is 5.60. The molecule has 0 heterocycles. The number of amides is 1. The third-order valence-electron chi connectivity index (χ3n) is 2.46. The molecule has 0 bridgehead atoms. The van der Waals surface area contributed by atoms with Crippen molar-refractivity contribution in [1.82, 2.24) is 5.32 Å². The lowest BCUT2D eigenvalue weighted by Crippen LogP contribution is -2.24. The van der Waals surface area contributed by atoms with E-state index in [1.54, 1.807) is 12.1 Å². The van der Waals surface area contributed by atoms with Crippen LogP contribution in [0.1, 0.15) is 25.3 Å². The van der Waals surface area contributed by atoms with E-state index in [2.05, 4.69) is 5.32 Å². The first-order valence-corrected chi connectivity index (χ1v) is 7.36. The van der Waals surface area contributed by atoms with Crippen LogP contribution in [0.3, 0.4) is 0 Å². The Bertz CT molecular complexity index is 495. The molecular weight excluding hydrogens is 252 g/mol. The number of carbonyl (C=O) groups excluding carboxylic acids is 1. The molecule has 0 fully saturated rings. The highest BCUT2D eigenvalue weighted by atomic mass is 32.2. The molecule has 0 aliphatic carbocycles. The first-order chi connectivity index (χ1) is 8.43. The quantitative estimate of drug-likeness (QED) is 0.801. The summed E-state index contributed by atoms with van der Waals surface area (Å²) in [5.74, 6) is 0.00683. The zero-order chi connectivity index (χ0) is 13.6. The molecule has 100 valence electrons. The number of rotatable bonds is 6. The summed E-state index contributed by atoms with van der Waals surface area (Å²) in [4.78, 5) is 11.5. The minimum atomic E-state index is -3.64. The van der Waals surface area contributed by atoms with Gasteiger partial charge in [-0.15, -0.1) is 0 Å². The number of nitrogens with two attached hydrogens (primary N) is 1. The molecule has 5 nitrogen and oxygen atoms in total. The van der Waals surface area contributed by atoms with Gasteiger partial charge in [-0.1, -0.05) is 19.1 Å². The second kappa shape index (κ2) is 6.51. The van der Waals surface area contributed by atoms with Crippen molar-refractivity contribution >= 4 is 15.9 Å². The zero-order valence-corrected chi connectivity index (χ0v) is 11.2. The molecule has 0 aliphatic heterocycles. The van der Waals surface area contributed by atoms with Crippen molar-refractivity contribution in [2.45, 2.75) is 31.1 Å². The van der Waals surface area contributed by atoms with E-state index in [1.807, 2.05) is 6.92 Å². The number of benzene rings is 1. The van der Waals surface area contributed by atoms with Gasteiger partial charge in [0, 0.05) is 13.0 Å². The SMILES string of the molecule is CCCNC(=O)CCc1ccc(S(N)(=O)=O)cc1. The summed E-state index contributed by atoms with van der Waals surface area (Å²) in [5.41, 5.74) is 0.911. The fraction of sp³-hybridized carbons (Fsp3) is 0.417. The molecule has 0 radical (unpaired) electrons. The van der Waals surface area contributed by atoms with Gasteiger partial charge in [0.15, 0.2) is 0 Å². The van der Waals surface area contributed by atoms with Gasteiger partial charge >= 0.3 is 0 Å². The van der Waals surface area contributed by atoms with Gasteiger partial charge in [0.25, 0.3) is 0 Å². The number of carbonyl (C=O) groups is 1. The summed E-state index contributed by atoms with van der Waals surface area (Å²) >= 11 is 0. The van der Waals surface area contributed by atoms with Gasteiger partial charge in [-0.3, -0.25) is 4.79 Å². The number of sulfonamides is 1. The lowest BCUT2D eigenvalue weighted by atomic mass is 10.1. The van der Waals surface area contributed by atoms with E-state index in [9.17, 15) is 13.2 Å². The van der Waals surface area contributed by atoms with Gasteiger partial charge in [-0.2, -0.15) is 0 Å². The van der Waals surface area contributed by atoms with E-state index >= 15 is 0 Å². The van der Waals surface area contributed by atoms with E-state index < -0.39 is 10.0 Å². The Morgan fingerprint density at radius 1 is 1.28 bits per heavy atom. The minimum Gasteiger partial charge on any atom is -0.356 e. The normalized spacial score (nSPS) is 11.2. The summed E-state index contributed by atoms with van der Waals surface area (Å²) < 4.78 is 22.1. The van der Waals surface area contributed by atoms with Crippen molar-refractivity contribution in [1.29, 1.82) is 0 Å². The minimum absolute atomic E-state index is 0.00683. The monoisotopic (exact) mass is 270 g/mol. The van der Waals surface area contributed by atoms with Crippen LogP contribution < -0.4 is 10.5 Å². The first kappa shape index (κ1) is 14.7. The van der Waals surface area contributed by atoms with E-state index in [0.717, 1.165) is 12.0 Å². The van der Waals surface area contributed by atoms with Crippen molar-refractivity contribution < 1.29 is 13.2 Å². The smallest absolute Gasteiger partial charge is 0.238 e. The molecule has 1 aromatic rings. The molecule has 0 aliphatic rings. The highest BCUT2D eigenvalue weighted by Gasteiger charge is 2.07. The van der Waals surface area contributed by atoms with Gasteiger partial charge in [0.2, 0.25) is 15.9 Å². The fourth-order valence-corrected chi connectivity index (χ4v) is 1.97. The van der Waals surface area contributed by atoms with Crippen LogP contribution in [0, 0.1) is 0 Å². The summed E-state index contributed by atoms with van der Waals surface area (Å²) in [6.07, 6.45) is 1.89. The van der Waals surface area contributed by atoms with Crippen molar-refractivity contribution in [3.63, 3.8) is 0 Å². The molecule has 1 amide bonds. The summed E-state index contributed by atoms with van der Waals surface area (Å²) in [6, 6.07) is 6.25. The first-order valence-electron chi connectivity index (χ1n) is 5.82. The molecule has 0 aromatic heterocycles. The molecule has 0 unspecified atom stereocenters. The standard InChI is InChI=1S/C12H18N2O3S/c1-2-9-14-12(15)8-5-10-3-6-11(7-4-10)18(13,16)17/h3-4,6-7H,2,5,8-9H2,1H3,(H,14,15)(H2,13,16,17). The number of hydrogen-bond donors (Lipinski definition) is 2. The average molecular weight is 270 g/mol. The predicted molar refractivity (Wildman–Crippen MR) is 69.4 cm³/mol. The molecule has 0 spiro atoms. The van der Waals surface area contributed by atoms with Gasteiger partial charge in [-0.25, -0.2) is 13.6 Å². The number of aryl methyl sites for hydroxylation is 1. The zero-order valence-electron chi connectivity index (χ0n) is 10.3. The molecular formula is C12H18N2O3S. The van der Waals surface area contributed by atoms with E-state index in [-0.39, 0.29) is 10.8 Å². The van der Waals surface area contributed by atoms with Crippen LogP contribution in [0.4, 0.5) is 0 Å². The number of nitrogens with one attached hydrogen (secondary N) is 1. The highest BCUT2D eigenvalue weighted by molar-refractivity contribution is 7.89. The molecule has 0 saturated heterocycles. The molecule has 0 saturated carbocycles. The van der Waals surface area contributed by atoms with Gasteiger partial charge < -0.3 is 5.32 Å². The van der Waals surface area contributed by atoms with Crippen LogP contribution in [0.5, 0.6) is 0 Å². The lowest BCUT2D eigenvalue weighted by molar-refractivity contribution is -0.121. The largest absolute Gasteiger partial charge is 0.356 e. The Morgan fingerprint density at radius 3 is 2.39 bits per heavy atom. The van der Waals surface area contributed by atoms with Crippen LogP contribution >= 0.6 is 0 Å². The third kappa shape index (κ3) is 4.85. The van der Waals surface area contributed by atoms with Gasteiger partial charge in [-0.05, 0) is 30.5 Å². The molecule has 18 heavy (non-hydrogen) atoms. The van der Waals surface area contributed by atoms with E-state index in [4.69, 9.17) is 5.14 Å². The number of primary sulfonamides is 1. The van der Waals surface area contributed by atoms with Crippen LogP contribution in [-0.2, 0) is 21.2 Å². The molecule has 3 N–H and O–H groups in total. The van der Waals surface area contributed by atoms with E-state index in [0.29, 0.717) is 19.4 Å². The van der Waals surface area contributed by atoms with Crippen molar-refractivity contribution in [2.24, 2.45) is 5.14 Å². The third-order valence-corrected chi connectivity index (χ3v) is 3.39. The topological polar surface area (TPSA) is 89.3 Å². The second-order valence-electron chi connectivity index (χ2n) is 4.04. The Morgan fingerprint density at radius 2 is 1.89 bits per heavy atom. The maximum atomic E-state index is 11.4. The van der Waals surface area contributed by atoms with Gasteiger partial charge in [0.05, 0.1) is 4.90 Å². The fourth-order valence-electron chi connectivity index (χ4n) is 1.46. The lowest BCUT2D eigenvalue weighted by Gasteiger charge is -2.04. The summed E-state index contributed by atoms with van der Waals surface area (Å²) in [6.45, 7) is 2.68. The molecule has 6 heteroatoms. The summed E-state index contributed by atoms with van der Waals surface area (Å²) in [5, 5.41) is 7.78. The summed E-state index contributed by atoms with van der Waals surface area (Å²) in [7, 11) is -3.64. The maximum absolute atomic E-state index is 11.4. The number of hydrogen-bond acceptors (Lipinski definition) is 3. The average Bonchev–Trinajstić information content (AvgIpc) is 2.33. The van der Waals surface area contributed by atoms with Crippen LogP contribution in [-0.4, -0.2) is 20.9 Å².